The number of halogens is 5. The van der Waals surface area contributed by atoms with Crippen molar-refractivity contribution in [2.24, 2.45) is 11.8 Å². The number of piperidine rings is 1. The van der Waals surface area contributed by atoms with E-state index < -0.39 is 35.7 Å². The molecule has 11 nitrogen and oxygen atoms in total. The number of benzene rings is 2. The van der Waals surface area contributed by atoms with Crippen molar-refractivity contribution < 1.29 is 36.3 Å². The van der Waals surface area contributed by atoms with Gasteiger partial charge in [-0.1, -0.05) is 0 Å². The Bertz CT molecular complexity index is 1900. The molecule has 5 heterocycles. The van der Waals surface area contributed by atoms with Gasteiger partial charge in [0.15, 0.2) is 23.0 Å². The van der Waals surface area contributed by atoms with E-state index in [9.17, 15) is 27.2 Å². The van der Waals surface area contributed by atoms with Gasteiger partial charge in [-0.25, -0.2) is 18.7 Å². The second kappa shape index (κ2) is 14.8. The van der Waals surface area contributed by atoms with Crippen LogP contribution in [0.1, 0.15) is 29.6 Å². The van der Waals surface area contributed by atoms with Crippen LogP contribution in [-0.2, 0) is 4.79 Å². The number of rotatable bonds is 9. The van der Waals surface area contributed by atoms with Crippen LogP contribution in [0.3, 0.4) is 0 Å². The Hall–Kier alpha value is -4.83. The van der Waals surface area contributed by atoms with Gasteiger partial charge in [0.2, 0.25) is 11.7 Å². The van der Waals surface area contributed by atoms with Crippen molar-refractivity contribution in [2.45, 2.75) is 25.9 Å². The van der Waals surface area contributed by atoms with Crippen molar-refractivity contribution in [1.29, 1.82) is 0 Å². The lowest BCUT2D eigenvalue weighted by Crippen LogP contribution is -2.53. The molecule has 0 bridgehead atoms. The summed E-state index contributed by atoms with van der Waals surface area (Å²) >= 11 is 0. The van der Waals surface area contributed by atoms with Crippen LogP contribution in [0.15, 0.2) is 48.9 Å². The number of aromatic nitrogens is 3. The molecule has 3 aliphatic rings. The van der Waals surface area contributed by atoms with Gasteiger partial charge in [0.1, 0.15) is 5.82 Å². The quantitative estimate of drug-likeness (QED) is 0.240. The molecule has 1 unspecified atom stereocenters. The molecule has 3 fully saturated rings. The molecule has 2 amide bonds. The third-order valence-electron chi connectivity index (χ3n) is 9.92. The number of carbonyl (C=O) groups excluding carboxylic acids is 2. The SMILES string of the molecule is O=C(c1ccc(Nc2nccn3c(-c4ccc(OC(F)F)c(F)c4F)cnc23)cc1F)N1CCN(C(=O)C2CCN(CC3CCNC3)CC2)CC1. The van der Waals surface area contributed by atoms with Gasteiger partial charge in [0, 0.05) is 62.3 Å². The third-order valence-corrected chi connectivity index (χ3v) is 9.92. The van der Waals surface area contributed by atoms with E-state index in [2.05, 4.69) is 30.2 Å². The first-order valence-corrected chi connectivity index (χ1v) is 17.0. The zero-order valence-electron chi connectivity index (χ0n) is 27.6. The number of anilines is 2. The smallest absolute Gasteiger partial charge is 0.387 e. The summed E-state index contributed by atoms with van der Waals surface area (Å²) in [5.41, 5.74) is 0.159. The molecule has 0 radical (unpaired) electrons. The first-order chi connectivity index (χ1) is 24.7. The van der Waals surface area contributed by atoms with Gasteiger partial charge in [0.25, 0.3) is 5.91 Å². The minimum Gasteiger partial charge on any atom is -0.432 e. The molecule has 3 aliphatic heterocycles. The summed E-state index contributed by atoms with van der Waals surface area (Å²) in [7, 11) is 0. The highest BCUT2D eigenvalue weighted by Crippen LogP contribution is 2.32. The number of likely N-dealkylation sites (tertiary alicyclic amines) is 1. The first-order valence-electron chi connectivity index (χ1n) is 17.0. The number of carbonyl (C=O) groups is 2. The van der Waals surface area contributed by atoms with Gasteiger partial charge < -0.3 is 30.1 Å². The maximum atomic E-state index is 15.4. The average molecular weight is 713 g/mol. The molecule has 2 N–H and O–H groups in total. The molecule has 2 aromatic carbocycles. The number of imidazole rings is 1. The van der Waals surface area contributed by atoms with Crippen molar-refractivity contribution in [1.82, 2.24) is 34.4 Å². The summed E-state index contributed by atoms with van der Waals surface area (Å²) in [5, 5.41) is 6.35. The normalized spacial score (nSPS) is 18.9. The van der Waals surface area contributed by atoms with Crippen LogP contribution in [-0.4, -0.2) is 106 Å². The van der Waals surface area contributed by atoms with E-state index in [1.54, 1.807) is 4.90 Å². The van der Waals surface area contributed by atoms with Gasteiger partial charge in [-0.05, 0) is 81.7 Å². The highest BCUT2D eigenvalue weighted by Gasteiger charge is 2.33. The van der Waals surface area contributed by atoms with Crippen molar-refractivity contribution in [3.8, 4) is 17.0 Å². The van der Waals surface area contributed by atoms with Crippen molar-refractivity contribution in [2.75, 3.05) is 64.2 Å². The van der Waals surface area contributed by atoms with Gasteiger partial charge in [0.05, 0.1) is 17.5 Å². The molecule has 3 saturated heterocycles. The third kappa shape index (κ3) is 7.33. The molecule has 0 saturated carbocycles. The Balaban J connectivity index is 0.961. The van der Waals surface area contributed by atoms with Crippen molar-refractivity contribution in [3.05, 3.63) is 71.9 Å². The lowest BCUT2D eigenvalue weighted by molar-refractivity contribution is -0.138. The number of fused-ring (bicyclic) bond motifs is 1. The summed E-state index contributed by atoms with van der Waals surface area (Å²) in [4.78, 5) is 40.9. The highest BCUT2D eigenvalue weighted by atomic mass is 19.3. The number of amides is 2. The topological polar surface area (TPSA) is 107 Å². The number of hydrogen-bond acceptors (Lipinski definition) is 8. The Kier molecular flexibility index (Phi) is 10.0. The molecular formula is C35H37F5N8O3. The van der Waals surface area contributed by atoms with Crippen LogP contribution in [0, 0.1) is 29.3 Å². The van der Waals surface area contributed by atoms with E-state index in [0.717, 1.165) is 63.8 Å². The first kappa shape index (κ1) is 34.6. The highest BCUT2D eigenvalue weighted by molar-refractivity contribution is 5.95. The molecule has 16 heteroatoms. The lowest BCUT2D eigenvalue weighted by atomic mass is 9.94. The Morgan fingerprint density at radius 2 is 1.71 bits per heavy atom. The number of hydrogen-bond donors (Lipinski definition) is 2. The van der Waals surface area contributed by atoms with Gasteiger partial charge >= 0.3 is 6.61 Å². The van der Waals surface area contributed by atoms with E-state index in [-0.39, 0.29) is 45.8 Å². The minimum atomic E-state index is -3.33. The second-order valence-corrected chi connectivity index (χ2v) is 13.1. The zero-order chi connectivity index (χ0) is 35.6. The number of nitrogens with zero attached hydrogens (tertiary/aromatic N) is 6. The summed E-state index contributed by atoms with van der Waals surface area (Å²) in [5.74, 6) is -4.19. The lowest BCUT2D eigenvalue weighted by Gasteiger charge is -2.39. The molecule has 0 spiro atoms. The predicted molar refractivity (Wildman–Crippen MR) is 177 cm³/mol. The van der Waals surface area contributed by atoms with Crippen LogP contribution < -0.4 is 15.4 Å². The van der Waals surface area contributed by atoms with Crippen LogP contribution in [0.4, 0.5) is 33.5 Å². The summed E-state index contributed by atoms with van der Waals surface area (Å²) in [6, 6.07) is 6.01. The number of ether oxygens (including phenoxy) is 1. The summed E-state index contributed by atoms with van der Waals surface area (Å²) in [6.45, 7) is 3.13. The second-order valence-electron chi connectivity index (χ2n) is 13.1. The largest absolute Gasteiger partial charge is 0.432 e. The monoisotopic (exact) mass is 712 g/mol. The molecule has 7 rings (SSSR count). The molecule has 2 aromatic heterocycles. The van der Waals surface area contributed by atoms with Crippen molar-refractivity contribution in [3.63, 3.8) is 0 Å². The van der Waals surface area contributed by atoms with Crippen LogP contribution in [0.25, 0.3) is 16.9 Å². The van der Waals surface area contributed by atoms with Crippen LogP contribution >= 0.6 is 0 Å². The molecular weight excluding hydrogens is 675 g/mol. The Morgan fingerprint density at radius 1 is 0.941 bits per heavy atom. The Morgan fingerprint density at radius 3 is 2.41 bits per heavy atom. The van der Waals surface area contributed by atoms with E-state index in [1.807, 2.05) is 4.90 Å². The maximum absolute atomic E-state index is 15.4. The van der Waals surface area contributed by atoms with E-state index >= 15 is 4.39 Å². The zero-order valence-corrected chi connectivity index (χ0v) is 27.6. The Labute approximate surface area is 290 Å². The predicted octanol–water partition coefficient (Wildman–Crippen LogP) is 4.76. The van der Waals surface area contributed by atoms with Crippen LogP contribution in [0.2, 0.25) is 0 Å². The maximum Gasteiger partial charge on any atom is 0.387 e. The standard InChI is InChI=1S/C35H37F5N8O3/c36-26-17-23(44-31-32-43-19-27(48(32)12-9-42-31)25-3-4-28(51-35(39)40)30(38)29(25)37)1-2-24(26)34(50)47-15-13-46(14-16-47)33(49)22-6-10-45(11-7-22)20-21-5-8-41-18-21/h1-4,9,12,17,19,21-22,35,41H,5-8,10-11,13-16,18,20H2,(H,42,44). The number of piperazine rings is 1. The summed E-state index contributed by atoms with van der Waals surface area (Å²) in [6.07, 6.45) is 6.93. The van der Waals surface area contributed by atoms with E-state index in [4.69, 9.17) is 0 Å². The molecule has 1 atom stereocenters. The number of alkyl halides is 2. The fraction of sp³-hybridized carbons (Fsp3) is 0.429. The van der Waals surface area contributed by atoms with Crippen LogP contribution in [0.5, 0.6) is 5.75 Å². The minimum absolute atomic E-state index is 0.0116. The van der Waals surface area contributed by atoms with Crippen molar-refractivity contribution >= 4 is 29.0 Å². The molecule has 270 valence electrons. The van der Waals surface area contributed by atoms with Gasteiger partial charge in [-0.15, -0.1) is 0 Å². The fourth-order valence-electron chi connectivity index (χ4n) is 7.18. The van der Waals surface area contributed by atoms with E-state index in [1.165, 1.54) is 41.5 Å². The fourth-order valence-corrected chi connectivity index (χ4v) is 7.18. The van der Waals surface area contributed by atoms with Gasteiger partial charge in [-0.3, -0.25) is 14.0 Å². The summed E-state index contributed by atoms with van der Waals surface area (Å²) < 4.78 is 75.2. The number of nitrogens with one attached hydrogen (secondary N) is 2. The molecule has 4 aromatic rings. The molecule has 51 heavy (non-hydrogen) atoms. The van der Waals surface area contributed by atoms with E-state index in [0.29, 0.717) is 32.1 Å². The average Bonchev–Trinajstić information content (AvgIpc) is 3.81. The van der Waals surface area contributed by atoms with Gasteiger partial charge in [-0.2, -0.15) is 13.2 Å². The molecule has 0 aliphatic carbocycles.